The number of halogens is 2. The van der Waals surface area contributed by atoms with E-state index in [0.717, 1.165) is 38.3 Å². The van der Waals surface area contributed by atoms with E-state index >= 15 is 0 Å². The highest BCUT2D eigenvalue weighted by molar-refractivity contribution is 6.21. The summed E-state index contributed by atoms with van der Waals surface area (Å²) < 4.78 is 13.2. The number of carbonyl (C=O) groups is 1. The first-order valence-corrected chi connectivity index (χ1v) is 7.29. The first-order chi connectivity index (χ1) is 9.47. The van der Waals surface area contributed by atoms with E-state index in [-0.39, 0.29) is 17.1 Å². The Morgan fingerprint density at radius 1 is 1.35 bits per heavy atom. The molecule has 0 N–H and O–H groups in total. The fraction of sp³-hybridized carbons (Fsp3) is 0.533. The molecule has 0 radical (unpaired) electrons. The summed E-state index contributed by atoms with van der Waals surface area (Å²) in [6.07, 6.45) is 0. The summed E-state index contributed by atoms with van der Waals surface area (Å²) in [6, 6.07) is 5.01. The number of benzene rings is 1. The molecule has 1 amide bonds. The summed E-state index contributed by atoms with van der Waals surface area (Å²) in [7, 11) is 0. The standard InChI is InChI=1S/C15H20ClFN2O/c1-11-9-13(3-4-15(11)17)14(16)10-18-5-7-19(8-6-18)12(2)20/h3-4,9,14H,5-8,10H2,1-2H3. The molecule has 1 atom stereocenters. The van der Waals surface area contributed by atoms with E-state index in [1.165, 1.54) is 6.07 Å². The minimum atomic E-state index is -0.201. The van der Waals surface area contributed by atoms with E-state index in [4.69, 9.17) is 11.6 Å². The van der Waals surface area contributed by atoms with Gasteiger partial charge in [-0.05, 0) is 24.1 Å². The fourth-order valence-corrected chi connectivity index (χ4v) is 2.77. The molecule has 1 saturated heterocycles. The van der Waals surface area contributed by atoms with Crippen LogP contribution in [0.5, 0.6) is 0 Å². The Morgan fingerprint density at radius 2 is 2.00 bits per heavy atom. The molecule has 1 heterocycles. The molecule has 0 saturated carbocycles. The second-order valence-corrected chi connectivity index (χ2v) is 5.81. The van der Waals surface area contributed by atoms with Crippen LogP contribution in [0.1, 0.15) is 23.4 Å². The zero-order valence-electron chi connectivity index (χ0n) is 11.9. The van der Waals surface area contributed by atoms with Crippen LogP contribution in [0.15, 0.2) is 18.2 Å². The van der Waals surface area contributed by atoms with Crippen molar-refractivity contribution in [2.45, 2.75) is 19.2 Å². The summed E-state index contributed by atoms with van der Waals surface area (Å²) in [5.41, 5.74) is 1.56. The number of rotatable bonds is 3. The fourth-order valence-electron chi connectivity index (χ4n) is 2.44. The van der Waals surface area contributed by atoms with Crippen molar-refractivity contribution < 1.29 is 9.18 Å². The molecular weight excluding hydrogens is 279 g/mol. The van der Waals surface area contributed by atoms with Gasteiger partial charge in [-0.2, -0.15) is 0 Å². The average Bonchev–Trinajstić information content (AvgIpc) is 2.42. The van der Waals surface area contributed by atoms with E-state index < -0.39 is 0 Å². The molecule has 20 heavy (non-hydrogen) atoms. The zero-order valence-corrected chi connectivity index (χ0v) is 12.7. The highest BCUT2D eigenvalue weighted by Gasteiger charge is 2.21. The number of hydrogen-bond donors (Lipinski definition) is 0. The molecule has 1 aromatic rings. The predicted octanol–water partition coefficient (Wildman–Crippen LogP) is 2.58. The van der Waals surface area contributed by atoms with Crippen LogP contribution in [-0.4, -0.2) is 48.4 Å². The Bertz CT molecular complexity index is 487. The summed E-state index contributed by atoms with van der Waals surface area (Å²) in [6.45, 7) is 7.24. The van der Waals surface area contributed by atoms with Crippen LogP contribution in [-0.2, 0) is 4.79 Å². The van der Waals surface area contributed by atoms with Crippen LogP contribution in [0.3, 0.4) is 0 Å². The second kappa shape index (κ2) is 6.55. The van der Waals surface area contributed by atoms with Crippen LogP contribution in [0, 0.1) is 12.7 Å². The number of aryl methyl sites for hydroxylation is 1. The van der Waals surface area contributed by atoms with E-state index in [1.807, 2.05) is 4.90 Å². The molecule has 1 aliphatic rings. The van der Waals surface area contributed by atoms with Gasteiger partial charge < -0.3 is 4.90 Å². The molecule has 0 aromatic heterocycles. The second-order valence-electron chi connectivity index (χ2n) is 5.28. The maximum atomic E-state index is 13.2. The largest absolute Gasteiger partial charge is 0.340 e. The lowest BCUT2D eigenvalue weighted by Crippen LogP contribution is -2.48. The maximum absolute atomic E-state index is 13.2. The molecule has 1 unspecified atom stereocenters. The van der Waals surface area contributed by atoms with Crippen LogP contribution in [0.25, 0.3) is 0 Å². The minimum absolute atomic E-state index is 0.126. The monoisotopic (exact) mass is 298 g/mol. The van der Waals surface area contributed by atoms with Crippen LogP contribution >= 0.6 is 11.6 Å². The lowest BCUT2D eigenvalue weighted by molar-refractivity contribution is -0.130. The van der Waals surface area contributed by atoms with Gasteiger partial charge in [-0.1, -0.05) is 12.1 Å². The number of hydrogen-bond acceptors (Lipinski definition) is 2. The van der Waals surface area contributed by atoms with Crippen molar-refractivity contribution in [1.29, 1.82) is 0 Å². The van der Waals surface area contributed by atoms with Crippen LogP contribution in [0.4, 0.5) is 4.39 Å². The topological polar surface area (TPSA) is 23.6 Å². The normalized spacial score (nSPS) is 18.1. The molecule has 2 rings (SSSR count). The molecule has 0 spiro atoms. The first kappa shape index (κ1) is 15.3. The SMILES string of the molecule is CC(=O)N1CCN(CC(Cl)c2ccc(F)c(C)c2)CC1. The number of nitrogens with zero attached hydrogens (tertiary/aromatic N) is 2. The zero-order chi connectivity index (χ0) is 14.7. The third kappa shape index (κ3) is 3.70. The Morgan fingerprint density at radius 3 is 2.55 bits per heavy atom. The Kier molecular flexibility index (Phi) is 5.00. The highest BCUT2D eigenvalue weighted by atomic mass is 35.5. The van der Waals surface area contributed by atoms with E-state index in [0.29, 0.717) is 5.56 Å². The summed E-state index contributed by atoms with van der Waals surface area (Å²) in [5.74, 6) is -0.0751. The molecule has 5 heteroatoms. The van der Waals surface area contributed by atoms with Gasteiger partial charge in [-0.15, -0.1) is 11.6 Å². The molecule has 1 fully saturated rings. The van der Waals surface area contributed by atoms with Gasteiger partial charge in [0, 0.05) is 39.6 Å². The highest BCUT2D eigenvalue weighted by Crippen LogP contribution is 2.24. The molecule has 0 aliphatic carbocycles. The van der Waals surface area contributed by atoms with Gasteiger partial charge in [0.05, 0.1) is 5.38 Å². The van der Waals surface area contributed by atoms with Crippen LogP contribution in [0.2, 0.25) is 0 Å². The molecule has 110 valence electrons. The van der Waals surface area contributed by atoms with Gasteiger partial charge in [0.25, 0.3) is 0 Å². The quantitative estimate of drug-likeness (QED) is 0.801. The van der Waals surface area contributed by atoms with Crippen LogP contribution < -0.4 is 0 Å². The smallest absolute Gasteiger partial charge is 0.219 e. The summed E-state index contributed by atoms with van der Waals surface area (Å²) in [5, 5.41) is -0.154. The van der Waals surface area contributed by atoms with Gasteiger partial charge in [0.2, 0.25) is 5.91 Å². The molecule has 1 aromatic carbocycles. The number of alkyl halides is 1. The Hall–Kier alpha value is -1.13. The van der Waals surface area contributed by atoms with E-state index in [1.54, 1.807) is 26.0 Å². The molecule has 0 bridgehead atoms. The molecule has 3 nitrogen and oxygen atoms in total. The summed E-state index contributed by atoms with van der Waals surface area (Å²) >= 11 is 6.42. The third-order valence-corrected chi connectivity index (χ3v) is 4.17. The van der Waals surface area contributed by atoms with Gasteiger partial charge in [-0.25, -0.2) is 4.39 Å². The van der Waals surface area contributed by atoms with Gasteiger partial charge in [-0.3, -0.25) is 9.69 Å². The van der Waals surface area contributed by atoms with Crippen molar-refractivity contribution >= 4 is 17.5 Å². The Balaban J connectivity index is 1.90. The molecule has 1 aliphatic heterocycles. The molecular formula is C15H20ClFN2O. The van der Waals surface area contributed by atoms with Gasteiger partial charge in [0.15, 0.2) is 0 Å². The summed E-state index contributed by atoms with van der Waals surface area (Å²) in [4.78, 5) is 15.4. The lowest BCUT2D eigenvalue weighted by atomic mass is 10.1. The van der Waals surface area contributed by atoms with Gasteiger partial charge >= 0.3 is 0 Å². The Labute approximate surface area is 124 Å². The lowest BCUT2D eigenvalue weighted by Gasteiger charge is -2.35. The van der Waals surface area contributed by atoms with Crippen molar-refractivity contribution in [3.8, 4) is 0 Å². The third-order valence-electron chi connectivity index (χ3n) is 3.78. The van der Waals surface area contributed by atoms with Crippen molar-refractivity contribution in [3.05, 3.63) is 35.1 Å². The number of piperazine rings is 1. The predicted molar refractivity (Wildman–Crippen MR) is 78.4 cm³/mol. The average molecular weight is 299 g/mol. The van der Waals surface area contributed by atoms with Crippen molar-refractivity contribution in [2.24, 2.45) is 0 Å². The first-order valence-electron chi connectivity index (χ1n) is 6.85. The van der Waals surface area contributed by atoms with Crippen molar-refractivity contribution in [1.82, 2.24) is 9.80 Å². The number of amides is 1. The maximum Gasteiger partial charge on any atom is 0.219 e. The number of carbonyl (C=O) groups excluding carboxylic acids is 1. The van der Waals surface area contributed by atoms with Crippen molar-refractivity contribution in [3.63, 3.8) is 0 Å². The van der Waals surface area contributed by atoms with E-state index in [2.05, 4.69) is 4.90 Å². The van der Waals surface area contributed by atoms with Crippen molar-refractivity contribution in [2.75, 3.05) is 32.7 Å². The minimum Gasteiger partial charge on any atom is -0.340 e. The van der Waals surface area contributed by atoms with Gasteiger partial charge in [0.1, 0.15) is 5.82 Å². The van der Waals surface area contributed by atoms with E-state index in [9.17, 15) is 9.18 Å².